The first kappa shape index (κ1) is 41.3. The van der Waals surface area contributed by atoms with E-state index in [1.807, 2.05) is 77.1 Å². The molecule has 0 bridgehead atoms. The number of hydrogen-bond acceptors (Lipinski definition) is 12. The second kappa shape index (κ2) is 17.4. The van der Waals surface area contributed by atoms with Crippen molar-refractivity contribution in [2.75, 3.05) is 0 Å². The molecule has 0 aliphatic heterocycles. The van der Waals surface area contributed by atoms with Crippen LogP contribution in [0.1, 0.15) is 103 Å². The van der Waals surface area contributed by atoms with Crippen molar-refractivity contribution in [3.05, 3.63) is 86.5 Å². The molecule has 2 saturated carbocycles. The van der Waals surface area contributed by atoms with Crippen LogP contribution in [-0.4, -0.2) is 113 Å². The number of aliphatic hydroxyl groups is 4. The zero-order valence-electron chi connectivity index (χ0n) is 35.4. The van der Waals surface area contributed by atoms with E-state index < -0.39 is 24.4 Å². The summed E-state index contributed by atoms with van der Waals surface area (Å²) >= 11 is 0. The van der Waals surface area contributed by atoms with Crippen LogP contribution in [0, 0.1) is 0 Å². The van der Waals surface area contributed by atoms with E-state index in [9.17, 15) is 20.4 Å². The van der Waals surface area contributed by atoms with Gasteiger partial charge in [0.25, 0.3) is 0 Å². The first-order chi connectivity index (χ1) is 30.1. The summed E-state index contributed by atoms with van der Waals surface area (Å²) in [6.07, 6.45) is 25.8. The summed E-state index contributed by atoms with van der Waals surface area (Å²) in [4.78, 5) is 9.88. The van der Waals surface area contributed by atoms with E-state index in [0.29, 0.717) is 37.8 Å². The fourth-order valence-electron chi connectivity index (χ4n) is 8.91. The average Bonchev–Trinajstić information content (AvgIpc) is 4.13. The predicted molar refractivity (Wildman–Crippen MR) is 231 cm³/mol. The van der Waals surface area contributed by atoms with Crippen LogP contribution in [-0.2, 0) is 0 Å². The van der Waals surface area contributed by atoms with Crippen LogP contribution in [0.25, 0.3) is 56.1 Å². The highest BCUT2D eigenvalue weighted by Gasteiger charge is 2.34. The van der Waals surface area contributed by atoms with Gasteiger partial charge in [-0.1, -0.05) is 27.7 Å². The lowest BCUT2D eigenvalue weighted by Crippen LogP contribution is -2.17. The molecule has 0 amide bonds. The first-order valence-electron chi connectivity index (χ1n) is 21.7. The van der Waals surface area contributed by atoms with E-state index in [1.54, 1.807) is 24.8 Å². The van der Waals surface area contributed by atoms with Crippen molar-refractivity contribution in [1.82, 2.24) is 68.3 Å². The topological polar surface area (TPSA) is 213 Å². The van der Waals surface area contributed by atoms with Crippen molar-refractivity contribution in [2.45, 2.75) is 128 Å². The highest BCUT2D eigenvalue weighted by Crippen LogP contribution is 2.34. The maximum atomic E-state index is 9.86. The lowest BCUT2D eigenvalue weighted by molar-refractivity contribution is 0.0438. The summed E-state index contributed by atoms with van der Waals surface area (Å²) in [5.41, 5.74) is 8.63. The van der Waals surface area contributed by atoms with Crippen molar-refractivity contribution < 1.29 is 20.4 Å². The Bertz CT molecular complexity index is 2550. The lowest BCUT2D eigenvalue weighted by Gasteiger charge is -2.12. The normalized spacial score (nSPS) is 21.5. The van der Waals surface area contributed by atoms with Crippen LogP contribution in [0.5, 0.6) is 0 Å². The summed E-state index contributed by atoms with van der Waals surface area (Å²) in [6.45, 7) is 8.68. The molecule has 0 aromatic carbocycles. The van der Waals surface area contributed by atoms with Crippen molar-refractivity contribution in [3.63, 3.8) is 0 Å². The van der Waals surface area contributed by atoms with Crippen molar-refractivity contribution in [2.24, 2.45) is 0 Å². The largest absolute Gasteiger partial charge is 0.390 e. The van der Waals surface area contributed by atoms with Gasteiger partial charge >= 0.3 is 0 Å². The molecule has 6 atom stereocenters. The Labute approximate surface area is 358 Å². The van der Waals surface area contributed by atoms with Gasteiger partial charge in [-0.2, -0.15) is 30.6 Å². The molecule has 10 rings (SSSR count). The third kappa shape index (κ3) is 7.94. The molecule has 2 aliphatic rings. The number of hydrogen-bond donors (Lipinski definition) is 4. The van der Waals surface area contributed by atoms with Gasteiger partial charge in [-0.3, -0.25) is 18.7 Å². The molecule has 8 aromatic rings. The van der Waals surface area contributed by atoms with Gasteiger partial charge in [-0.25, -0.2) is 19.0 Å². The summed E-state index contributed by atoms with van der Waals surface area (Å²) in [7, 11) is 0. The molecule has 18 heteroatoms. The van der Waals surface area contributed by atoms with Crippen LogP contribution < -0.4 is 0 Å². The molecule has 2 fully saturated rings. The fraction of sp³-hybridized carbons (Fsp3) is 0.455. The van der Waals surface area contributed by atoms with Gasteiger partial charge in [0.2, 0.25) is 0 Å². The third-order valence-electron chi connectivity index (χ3n) is 12.6. The highest BCUT2D eigenvalue weighted by atomic mass is 16.3. The minimum Gasteiger partial charge on any atom is -0.390 e. The Morgan fingerprint density at radius 2 is 0.855 bits per heavy atom. The third-order valence-corrected chi connectivity index (χ3v) is 12.6. The van der Waals surface area contributed by atoms with E-state index in [4.69, 9.17) is 9.97 Å². The van der Waals surface area contributed by atoms with E-state index >= 15 is 0 Å². The van der Waals surface area contributed by atoms with Crippen molar-refractivity contribution in [1.29, 1.82) is 0 Å². The molecule has 2 unspecified atom stereocenters. The first-order valence-corrected chi connectivity index (χ1v) is 21.7. The Morgan fingerprint density at radius 1 is 0.484 bits per heavy atom. The molecule has 8 aromatic heterocycles. The van der Waals surface area contributed by atoms with Crippen LogP contribution in [0.3, 0.4) is 0 Å². The number of rotatable bonds is 12. The maximum absolute atomic E-state index is 9.86. The number of nitrogens with zero attached hydrogens (tertiary/aromatic N) is 14. The SMILES string of the molecule is CCC(CC)n1cc(-c2nc(-c3cnn(C4C[C@@H](O)[C@@H](O)C4)c3)cn3nccc23)cn1.CCC(CC)n1cc(-c2nc(-c3cnn(C4C[C@@H](O)[C@@H](O)C4)c3)cn3nccc23)cn1. The van der Waals surface area contributed by atoms with Crippen LogP contribution >= 0.6 is 0 Å². The molecule has 0 spiro atoms. The van der Waals surface area contributed by atoms with E-state index in [1.165, 1.54) is 0 Å². The number of fused-ring (bicyclic) bond motifs is 2. The molecular weight excluding hydrogens is 789 g/mol. The Hall–Kier alpha value is -6.08. The average molecular weight is 843 g/mol. The fourth-order valence-corrected chi connectivity index (χ4v) is 8.91. The van der Waals surface area contributed by atoms with Gasteiger partial charge in [-0.15, -0.1) is 0 Å². The van der Waals surface area contributed by atoms with Crippen LogP contribution in [0.2, 0.25) is 0 Å². The van der Waals surface area contributed by atoms with E-state index in [-0.39, 0.29) is 12.1 Å². The maximum Gasteiger partial charge on any atom is 0.0999 e. The molecule has 324 valence electrons. The summed E-state index contributed by atoms with van der Waals surface area (Å²) in [6, 6.07) is 4.59. The smallest absolute Gasteiger partial charge is 0.0999 e. The number of aliphatic hydroxyl groups excluding tert-OH is 4. The summed E-state index contributed by atoms with van der Waals surface area (Å²) in [5.74, 6) is 0. The Balaban J connectivity index is 0.000000158. The second-order valence-electron chi connectivity index (χ2n) is 16.6. The zero-order valence-corrected chi connectivity index (χ0v) is 35.4. The predicted octanol–water partition coefficient (Wildman–Crippen LogP) is 5.75. The van der Waals surface area contributed by atoms with Gasteiger partial charge in [0.05, 0.1) is 132 Å². The van der Waals surface area contributed by atoms with Crippen molar-refractivity contribution in [3.8, 4) is 45.0 Å². The zero-order chi connectivity index (χ0) is 43.1. The van der Waals surface area contributed by atoms with Crippen LogP contribution in [0.15, 0.2) is 86.5 Å². The highest BCUT2D eigenvalue weighted by molar-refractivity contribution is 5.79. The Morgan fingerprint density at radius 3 is 1.23 bits per heavy atom. The van der Waals surface area contributed by atoms with E-state index in [0.717, 1.165) is 81.7 Å². The second-order valence-corrected chi connectivity index (χ2v) is 16.6. The van der Waals surface area contributed by atoms with Gasteiger partial charge < -0.3 is 20.4 Å². The summed E-state index contributed by atoms with van der Waals surface area (Å²) in [5, 5.41) is 66.4. The molecule has 0 radical (unpaired) electrons. The van der Waals surface area contributed by atoms with Gasteiger partial charge in [-0.05, 0) is 63.5 Å². The van der Waals surface area contributed by atoms with Gasteiger partial charge in [0, 0.05) is 47.0 Å². The minimum atomic E-state index is -0.700. The Kier molecular flexibility index (Phi) is 11.6. The molecule has 4 N–H and O–H groups in total. The van der Waals surface area contributed by atoms with Gasteiger partial charge in [0.1, 0.15) is 0 Å². The van der Waals surface area contributed by atoms with Crippen molar-refractivity contribution >= 4 is 11.0 Å². The van der Waals surface area contributed by atoms with Crippen LogP contribution in [0.4, 0.5) is 0 Å². The molecule has 62 heavy (non-hydrogen) atoms. The molecule has 18 nitrogen and oxygen atoms in total. The van der Waals surface area contributed by atoms with E-state index in [2.05, 4.69) is 70.7 Å². The molecule has 8 heterocycles. The summed E-state index contributed by atoms with van der Waals surface area (Å²) < 4.78 is 11.3. The molecular formula is C44H54N14O4. The minimum absolute atomic E-state index is 0.0232. The number of aromatic nitrogens is 14. The standard InChI is InChI=1S/2C22H27N7O2/c2*1-3-16(4-2)27-12-15(10-25-27)22-19-5-6-23-29(19)13-18(26-22)14-9-24-28(11-14)17-7-20(30)21(31)8-17/h2*5-6,9-13,16-17,20-21,30-31H,3-4,7-8H2,1-2H3/t2*17?,20-,21+. The lowest BCUT2D eigenvalue weighted by atomic mass is 10.1. The van der Waals surface area contributed by atoms with Gasteiger partial charge in [0.15, 0.2) is 0 Å². The molecule has 0 saturated heterocycles. The molecule has 2 aliphatic carbocycles. The quantitative estimate of drug-likeness (QED) is 0.116. The monoisotopic (exact) mass is 842 g/mol.